The van der Waals surface area contributed by atoms with E-state index in [1.165, 1.54) is 0 Å². The molecule has 1 aromatic carbocycles. The molecule has 0 fully saturated rings. The van der Waals surface area contributed by atoms with Gasteiger partial charge in [0, 0.05) is 5.56 Å². The van der Waals surface area contributed by atoms with Crippen LogP contribution in [0.3, 0.4) is 0 Å². The normalized spacial score (nSPS) is 10.5. The van der Waals surface area contributed by atoms with Gasteiger partial charge in [-0.15, -0.1) is 0 Å². The summed E-state index contributed by atoms with van der Waals surface area (Å²) in [7, 11) is 1.59. The van der Waals surface area contributed by atoms with E-state index < -0.39 is 11.6 Å². The summed E-state index contributed by atoms with van der Waals surface area (Å²) >= 11 is 0. The lowest BCUT2D eigenvalue weighted by molar-refractivity contribution is 0.0923. The number of nitrogens with one attached hydrogen (secondary N) is 3. The van der Waals surface area contributed by atoms with Gasteiger partial charge in [0.05, 0.1) is 13.7 Å². The molecule has 0 saturated heterocycles. The lowest BCUT2D eigenvalue weighted by Crippen LogP contribution is -2.23. The van der Waals surface area contributed by atoms with Gasteiger partial charge in [0.2, 0.25) is 0 Å². The Bertz CT molecular complexity index is 860. The summed E-state index contributed by atoms with van der Waals surface area (Å²) in [6.07, 6.45) is 0. The number of nitrogens with zero attached hydrogens (tertiary/aromatic N) is 1. The molecule has 0 spiro atoms. The maximum atomic E-state index is 12.0. The van der Waals surface area contributed by atoms with Crippen molar-refractivity contribution in [3.8, 4) is 17.1 Å². The molecule has 8 heteroatoms. The minimum atomic E-state index is -0.422. The Morgan fingerprint density at radius 3 is 2.70 bits per heavy atom. The minimum Gasteiger partial charge on any atom is -0.497 e. The summed E-state index contributed by atoms with van der Waals surface area (Å²) < 4.78 is 10.6. The van der Waals surface area contributed by atoms with Gasteiger partial charge in [-0.25, -0.2) is 9.89 Å². The van der Waals surface area contributed by atoms with Gasteiger partial charge < -0.3 is 14.5 Å². The highest BCUT2D eigenvalue weighted by Gasteiger charge is 2.12. The molecule has 8 nitrogen and oxygen atoms in total. The van der Waals surface area contributed by atoms with Crippen LogP contribution in [0.1, 0.15) is 16.4 Å². The average Bonchev–Trinajstić information content (AvgIpc) is 3.22. The lowest BCUT2D eigenvalue weighted by Gasteiger charge is -2.01. The number of benzene rings is 1. The largest absolute Gasteiger partial charge is 0.497 e. The van der Waals surface area contributed by atoms with E-state index in [4.69, 9.17) is 9.15 Å². The van der Waals surface area contributed by atoms with Crippen LogP contribution in [0.2, 0.25) is 0 Å². The summed E-state index contributed by atoms with van der Waals surface area (Å²) in [6.45, 7) is 0.0934. The number of carbonyl (C=O) groups is 1. The SMILES string of the molecule is COc1ccc(-c2ccc(C(=O)NCc3n[nH]c(=O)[nH]3)o2)cc1. The Morgan fingerprint density at radius 1 is 1.26 bits per heavy atom. The summed E-state index contributed by atoms with van der Waals surface area (Å²) in [5, 5.41) is 8.53. The Labute approximate surface area is 130 Å². The fourth-order valence-electron chi connectivity index (χ4n) is 2.01. The second-order valence-electron chi connectivity index (χ2n) is 4.70. The summed E-state index contributed by atoms with van der Waals surface area (Å²) in [5.41, 5.74) is 0.413. The van der Waals surface area contributed by atoms with Gasteiger partial charge in [-0.3, -0.25) is 9.78 Å². The monoisotopic (exact) mass is 314 g/mol. The van der Waals surface area contributed by atoms with Crippen molar-refractivity contribution in [2.45, 2.75) is 6.54 Å². The minimum absolute atomic E-state index is 0.0934. The first kappa shape index (κ1) is 14.6. The fourth-order valence-corrected chi connectivity index (χ4v) is 2.01. The molecule has 3 N–H and O–H groups in total. The molecule has 2 heterocycles. The Kier molecular flexibility index (Phi) is 3.96. The first-order valence-electron chi connectivity index (χ1n) is 6.82. The van der Waals surface area contributed by atoms with Crippen LogP contribution in [0.4, 0.5) is 0 Å². The molecule has 3 rings (SSSR count). The molecule has 118 valence electrons. The highest BCUT2D eigenvalue weighted by Crippen LogP contribution is 2.24. The van der Waals surface area contributed by atoms with Crippen molar-refractivity contribution >= 4 is 5.91 Å². The third-order valence-corrected chi connectivity index (χ3v) is 3.17. The van der Waals surface area contributed by atoms with Crippen LogP contribution in [0.15, 0.2) is 45.6 Å². The molecular weight excluding hydrogens is 300 g/mol. The van der Waals surface area contributed by atoms with E-state index in [9.17, 15) is 9.59 Å². The number of amides is 1. The van der Waals surface area contributed by atoms with E-state index in [-0.39, 0.29) is 12.3 Å². The standard InChI is InChI=1S/C15H14N4O4/c1-22-10-4-2-9(3-5-10)11-6-7-12(23-11)14(20)16-8-13-17-15(21)19-18-13/h2-7H,8H2,1H3,(H,16,20)(H2,17,18,19,21). The number of aromatic nitrogens is 3. The predicted molar refractivity (Wildman–Crippen MR) is 81.1 cm³/mol. The second-order valence-corrected chi connectivity index (χ2v) is 4.70. The number of ether oxygens (including phenoxy) is 1. The van der Waals surface area contributed by atoms with Crippen LogP contribution in [-0.2, 0) is 6.54 Å². The van der Waals surface area contributed by atoms with Crippen molar-refractivity contribution in [1.29, 1.82) is 0 Å². The fraction of sp³-hybridized carbons (Fsp3) is 0.133. The maximum absolute atomic E-state index is 12.0. The molecule has 0 unspecified atom stereocenters. The van der Waals surface area contributed by atoms with Gasteiger partial charge in [-0.05, 0) is 36.4 Å². The van der Waals surface area contributed by atoms with Crippen LogP contribution >= 0.6 is 0 Å². The van der Waals surface area contributed by atoms with E-state index >= 15 is 0 Å². The van der Waals surface area contributed by atoms with E-state index in [0.717, 1.165) is 11.3 Å². The maximum Gasteiger partial charge on any atom is 0.340 e. The van der Waals surface area contributed by atoms with E-state index in [1.807, 2.05) is 24.3 Å². The molecule has 0 atom stereocenters. The van der Waals surface area contributed by atoms with E-state index in [1.54, 1.807) is 19.2 Å². The van der Waals surface area contributed by atoms with Crippen molar-refractivity contribution in [3.63, 3.8) is 0 Å². The third-order valence-electron chi connectivity index (χ3n) is 3.17. The van der Waals surface area contributed by atoms with Crippen molar-refractivity contribution < 1.29 is 13.9 Å². The van der Waals surface area contributed by atoms with Crippen LogP contribution in [0.25, 0.3) is 11.3 Å². The number of carbonyl (C=O) groups excluding carboxylic acids is 1. The molecule has 23 heavy (non-hydrogen) atoms. The number of hydrogen-bond donors (Lipinski definition) is 3. The first-order chi connectivity index (χ1) is 11.2. The van der Waals surface area contributed by atoms with Gasteiger partial charge in [0.25, 0.3) is 5.91 Å². The van der Waals surface area contributed by atoms with Crippen LogP contribution < -0.4 is 15.7 Å². The van der Waals surface area contributed by atoms with Crippen molar-refractivity contribution in [1.82, 2.24) is 20.5 Å². The van der Waals surface area contributed by atoms with Gasteiger partial charge >= 0.3 is 5.69 Å². The molecule has 0 aliphatic heterocycles. The van der Waals surface area contributed by atoms with Gasteiger partial charge in [0.15, 0.2) is 5.76 Å². The zero-order valence-electron chi connectivity index (χ0n) is 12.3. The smallest absolute Gasteiger partial charge is 0.340 e. The molecule has 3 aromatic rings. The Morgan fingerprint density at radius 2 is 2.04 bits per heavy atom. The zero-order valence-corrected chi connectivity index (χ0v) is 12.3. The van der Waals surface area contributed by atoms with Crippen LogP contribution in [0.5, 0.6) is 5.75 Å². The summed E-state index contributed by atoms with van der Waals surface area (Å²) in [6, 6.07) is 10.6. The zero-order chi connectivity index (χ0) is 16.2. The third kappa shape index (κ3) is 3.31. The average molecular weight is 314 g/mol. The quantitative estimate of drug-likeness (QED) is 0.657. The number of furan rings is 1. The number of hydrogen-bond acceptors (Lipinski definition) is 5. The molecule has 0 aliphatic carbocycles. The Hall–Kier alpha value is -3.29. The summed E-state index contributed by atoms with van der Waals surface area (Å²) in [5.74, 6) is 1.44. The lowest BCUT2D eigenvalue weighted by atomic mass is 10.2. The molecule has 0 radical (unpaired) electrons. The van der Waals surface area contributed by atoms with Gasteiger partial charge in [-0.1, -0.05) is 0 Å². The topological polar surface area (TPSA) is 113 Å². The van der Waals surface area contributed by atoms with Gasteiger partial charge in [0.1, 0.15) is 17.3 Å². The highest BCUT2D eigenvalue weighted by molar-refractivity contribution is 5.91. The molecule has 0 aliphatic rings. The Balaban J connectivity index is 1.67. The van der Waals surface area contributed by atoms with Gasteiger partial charge in [-0.2, -0.15) is 5.10 Å². The summed E-state index contributed by atoms with van der Waals surface area (Å²) in [4.78, 5) is 25.4. The van der Waals surface area contributed by atoms with E-state index in [2.05, 4.69) is 20.5 Å². The van der Waals surface area contributed by atoms with E-state index in [0.29, 0.717) is 11.6 Å². The number of H-pyrrole nitrogens is 2. The highest BCUT2D eigenvalue weighted by atomic mass is 16.5. The number of methoxy groups -OCH3 is 1. The second kappa shape index (κ2) is 6.22. The molecule has 0 bridgehead atoms. The molecule has 0 saturated carbocycles. The predicted octanol–water partition coefficient (Wildman–Crippen LogP) is 1.30. The molecule has 2 aromatic heterocycles. The van der Waals surface area contributed by atoms with Crippen LogP contribution in [0, 0.1) is 0 Å². The van der Waals surface area contributed by atoms with Crippen molar-refractivity contribution in [2.24, 2.45) is 0 Å². The first-order valence-corrected chi connectivity index (χ1v) is 6.82. The van der Waals surface area contributed by atoms with Crippen LogP contribution in [-0.4, -0.2) is 28.2 Å². The number of rotatable bonds is 5. The molecule has 1 amide bonds. The van der Waals surface area contributed by atoms with Crippen molar-refractivity contribution in [2.75, 3.05) is 7.11 Å². The van der Waals surface area contributed by atoms with Crippen molar-refractivity contribution in [3.05, 3.63) is 58.5 Å². The number of aromatic amines is 2. The molecular formula is C15H14N4O4.